The van der Waals surface area contributed by atoms with Crippen molar-refractivity contribution in [2.24, 2.45) is 5.92 Å². The van der Waals surface area contributed by atoms with Crippen molar-refractivity contribution in [3.8, 4) is 0 Å². The fourth-order valence-electron chi connectivity index (χ4n) is 2.15. The van der Waals surface area contributed by atoms with Gasteiger partial charge in [0, 0.05) is 17.8 Å². The summed E-state index contributed by atoms with van der Waals surface area (Å²) in [6.45, 7) is 7.59. The molecule has 0 heterocycles. The summed E-state index contributed by atoms with van der Waals surface area (Å²) in [4.78, 5) is 23.1. The van der Waals surface area contributed by atoms with Crippen LogP contribution >= 0.6 is 0 Å². The second-order valence-electron chi connectivity index (χ2n) is 5.70. The van der Waals surface area contributed by atoms with Crippen LogP contribution in [0.4, 0.5) is 10.5 Å². The van der Waals surface area contributed by atoms with Gasteiger partial charge in [-0.2, -0.15) is 0 Å². The molecule has 2 amide bonds. The van der Waals surface area contributed by atoms with Crippen molar-refractivity contribution in [3.63, 3.8) is 0 Å². The van der Waals surface area contributed by atoms with Gasteiger partial charge in [0.2, 0.25) is 0 Å². The minimum atomic E-state index is -0.544. The summed E-state index contributed by atoms with van der Waals surface area (Å²) >= 11 is 0. The number of aryl methyl sites for hydroxylation is 1. The summed E-state index contributed by atoms with van der Waals surface area (Å²) in [5, 5.41) is 15.0. The van der Waals surface area contributed by atoms with E-state index in [0.717, 1.165) is 5.56 Å². The second kappa shape index (κ2) is 7.78. The molecule has 5 nitrogen and oxygen atoms in total. The van der Waals surface area contributed by atoms with Crippen molar-refractivity contribution >= 4 is 17.5 Å². The summed E-state index contributed by atoms with van der Waals surface area (Å²) in [6, 6.07) is 4.77. The Labute approximate surface area is 125 Å². The highest BCUT2D eigenvalue weighted by molar-refractivity contribution is 5.96. The number of carbonyl (C=O) groups excluding carboxylic acids is 2. The van der Waals surface area contributed by atoms with Crippen molar-refractivity contribution < 1.29 is 14.7 Å². The summed E-state index contributed by atoms with van der Waals surface area (Å²) < 4.78 is 0. The molecule has 0 bridgehead atoms. The maximum atomic E-state index is 11.7. The van der Waals surface area contributed by atoms with E-state index in [9.17, 15) is 14.7 Å². The van der Waals surface area contributed by atoms with Crippen LogP contribution in [0.15, 0.2) is 18.2 Å². The molecule has 21 heavy (non-hydrogen) atoms. The lowest BCUT2D eigenvalue weighted by atomic mass is 10.1. The molecule has 1 rings (SSSR count). The summed E-state index contributed by atoms with van der Waals surface area (Å²) in [5.41, 5.74) is 2.09. The van der Waals surface area contributed by atoms with Gasteiger partial charge in [-0.3, -0.25) is 4.79 Å². The van der Waals surface area contributed by atoms with E-state index in [1.165, 1.54) is 6.92 Å². The zero-order valence-electron chi connectivity index (χ0n) is 13.1. The van der Waals surface area contributed by atoms with E-state index in [4.69, 9.17) is 0 Å². The number of hydrogen-bond acceptors (Lipinski definition) is 3. The zero-order chi connectivity index (χ0) is 16.0. The van der Waals surface area contributed by atoms with Gasteiger partial charge in [0.05, 0.1) is 6.10 Å². The average molecular weight is 292 g/mol. The Morgan fingerprint density at radius 1 is 1.29 bits per heavy atom. The number of amides is 2. The fourth-order valence-corrected chi connectivity index (χ4v) is 2.15. The highest BCUT2D eigenvalue weighted by Crippen LogP contribution is 2.15. The molecule has 0 fully saturated rings. The van der Waals surface area contributed by atoms with E-state index in [2.05, 4.69) is 10.6 Å². The largest absolute Gasteiger partial charge is 0.391 e. The molecule has 0 aromatic heterocycles. The molecule has 3 N–H and O–H groups in total. The molecule has 1 aromatic rings. The first-order valence-corrected chi connectivity index (χ1v) is 7.14. The minimum absolute atomic E-state index is 0.000286. The molecule has 116 valence electrons. The molecule has 0 saturated heterocycles. The average Bonchev–Trinajstić information content (AvgIpc) is 2.35. The lowest BCUT2D eigenvalue weighted by Gasteiger charge is -2.14. The van der Waals surface area contributed by atoms with Crippen LogP contribution in [0, 0.1) is 12.8 Å². The fraction of sp³-hybridized carbons (Fsp3) is 0.500. The Bertz CT molecular complexity index is 512. The van der Waals surface area contributed by atoms with E-state index in [-0.39, 0.29) is 18.4 Å². The molecule has 0 spiro atoms. The van der Waals surface area contributed by atoms with Crippen molar-refractivity contribution in [1.82, 2.24) is 5.32 Å². The predicted molar refractivity (Wildman–Crippen MR) is 83.7 cm³/mol. The molecular formula is C16H24N2O3. The van der Waals surface area contributed by atoms with Crippen LogP contribution in [0.5, 0.6) is 0 Å². The van der Waals surface area contributed by atoms with Crippen molar-refractivity contribution in [2.75, 3.05) is 11.9 Å². The number of Topliss-reactive ketones (excluding diaryl/α,β-unsaturated/α-hetero) is 1. The van der Waals surface area contributed by atoms with Gasteiger partial charge < -0.3 is 15.7 Å². The van der Waals surface area contributed by atoms with Crippen LogP contribution in [-0.4, -0.2) is 29.6 Å². The number of hydrogen-bond donors (Lipinski definition) is 3. The van der Waals surface area contributed by atoms with Crippen LogP contribution in [-0.2, 0) is 0 Å². The van der Waals surface area contributed by atoms with Gasteiger partial charge in [-0.15, -0.1) is 0 Å². The molecule has 0 saturated carbocycles. The van der Waals surface area contributed by atoms with Crippen molar-refractivity contribution in [3.05, 3.63) is 29.3 Å². The third-order valence-electron chi connectivity index (χ3n) is 3.11. The molecule has 5 heteroatoms. The molecule has 0 aliphatic carbocycles. The molecule has 0 radical (unpaired) electrons. The van der Waals surface area contributed by atoms with Crippen LogP contribution < -0.4 is 10.6 Å². The summed E-state index contributed by atoms with van der Waals surface area (Å²) in [5.74, 6) is 0.381. The Kier molecular flexibility index (Phi) is 6.37. The lowest BCUT2D eigenvalue weighted by molar-refractivity contribution is 0.101. The highest BCUT2D eigenvalue weighted by atomic mass is 16.3. The Morgan fingerprint density at radius 3 is 2.48 bits per heavy atom. The van der Waals surface area contributed by atoms with Gasteiger partial charge in [-0.1, -0.05) is 13.8 Å². The van der Waals surface area contributed by atoms with Crippen LogP contribution in [0.2, 0.25) is 0 Å². The first-order valence-electron chi connectivity index (χ1n) is 7.14. The normalized spacial score (nSPS) is 12.1. The van der Waals surface area contributed by atoms with Crippen LogP contribution in [0.25, 0.3) is 0 Å². The maximum Gasteiger partial charge on any atom is 0.319 e. The number of carbonyl (C=O) groups is 2. The molecule has 1 aromatic carbocycles. The first kappa shape index (κ1) is 17.2. The number of rotatable bonds is 6. The van der Waals surface area contributed by atoms with E-state index in [1.807, 2.05) is 20.8 Å². The lowest BCUT2D eigenvalue weighted by Crippen LogP contribution is -2.35. The quantitative estimate of drug-likeness (QED) is 0.705. The van der Waals surface area contributed by atoms with Gasteiger partial charge in [0.1, 0.15) is 0 Å². The third kappa shape index (κ3) is 5.95. The summed E-state index contributed by atoms with van der Waals surface area (Å²) in [6.07, 6.45) is 0.102. The van der Waals surface area contributed by atoms with Crippen molar-refractivity contribution in [2.45, 2.75) is 40.2 Å². The summed E-state index contributed by atoms with van der Waals surface area (Å²) in [7, 11) is 0. The van der Waals surface area contributed by atoms with E-state index in [0.29, 0.717) is 23.6 Å². The number of benzene rings is 1. The highest BCUT2D eigenvalue weighted by Gasteiger charge is 2.10. The molecule has 1 unspecified atom stereocenters. The van der Waals surface area contributed by atoms with E-state index >= 15 is 0 Å². The van der Waals surface area contributed by atoms with Gasteiger partial charge in [-0.25, -0.2) is 4.79 Å². The number of nitrogens with one attached hydrogen (secondary N) is 2. The van der Waals surface area contributed by atoms with Gasteiger partial charge in [0.25, 0.3) is 0 Å². The Morgan fingerprint density at radius 2 is 1.95 bits per heavy atom. The van der Waals surface area contributed by atoms with Gasteiger partial charge >= 0.3 is 6.03 Å². The van der Waals surface area contributed by atoms with Crippen LogP contribution in [0.3, 0.4) is 0 Å². The Balaban J connectivity index is 2.52. The number of aliphatic hydroxyl groups is 1. The van der Waals surface area contributed by atoms with E-state index in [1.54, 1.807) is 18.2 Å². The molecule has 0 aliphatic heterocycles. The Hall–Kier alpha value is -1.88. The van der Waals surface area contributed by atoms with E-state index < -0.39 is 6.10 Å². The second-order valence-corrected chi connectivity index (χ2v) is 5.70. The number of aliphatic hydroxyl groups excluding tert-OH is 1. The van der Waals surface area contributed by atoms with Crippen LogP contribution in [0.1, 0.15) is 43.1 Å². The number of ketones is 1. The van der Waals surface area contributed by atoms with Gasteiger partial charge in [0.15, 0.2) is 5.78 Å². The smallest absolute Gasteiger partial charge is 0.319 e. The zero-order valence-corrected chi connectivity index (χ0v) is 13.1. The molecule has 1 atom stereocenters. The third-order valence-corrected chi connectivity index (χ3v) is 3.11. The molecule has 0 aliphatic rings. The minimum Gasteiger partial charge on any atom is -0.391 e. The topological polar surface area (TPSA) is 78.4 Å². The monoisotopic (exact) mass is 292 g/mol. The predicted octanol–water partition coefficient (Wildman–Crippen LogP) is 2.73. The standard InChI is InChI=1S/C16H24N2O3/c1-10(2)7-14(20)9-17-16(21)18-13-5-6-15(12(4)19)11(3)8-13/h5-6,8,10,14,20H,7,9H2,1-4H3,(H2,17,18,21). The number of urea groups is 1. The van der Waals surface area contributed by atoms with Gasteiger partial charge in [-0.05, 0) is 49.9 Å². The molecular weight excluding hydrogens is 268 g/mol. The maximum absolute atomic E-state index is 11.7. The number of anilines is 1. The SMILES string of the molecule is CC(=O)c1ccc(NC(=O)NCC(O)CC(C)C)cc1C. The van der Waals surface area contributed by atoms with Crippen molar-refractivity contribution in [1.29, 1.82) is 0 Å². The first-order chi connectivity index (χ1) is 9.79.